The summed E-state index contributed by atoms with van der Waals surface area (Å²) < 4.78 is 24.6. The van der Waals surface area contributed by atoms with Crippen molar-refractivity contribution < 1.29 is 8.42 Å². The molecular formula is C14H8N2O2S. The lowest BCUT2D eigenvalue weighted by Crippen LogP contribution is -2.02. The van der Waals surface area contributed by atoms with E-state index in [0.717, 1.165) is 0 Å². The van der Waals surface area contributed by atoms with Crippen LogP contribution in [0.2, 0.25) is 0 Å². The standard InChI is InChI=1S/C14H8N2O2S/c15-9-11-4-6-13(7-5-11)19(17,18)14-3-1-2-12(8-14)10-16/h1-8H. The fraction of sp³-hybridized carbons (Fsp3) is 0. The Morgan fingerprint density at radius 3 is 2.00 bits per heavy atom. The van der Waals surface area contributed by atoms with Crippen LogP contribution in [0.1, 0.15) is 11.1 Å². The van der Waals surface area contributed by atoms with E-state index in [1.807, 2.05) is 12.1 Å². The highest BCUT2D eigenvalue weighted by Gasteiger charge is 2.17. The number of nitrogens with zero attached hydrogens (tertiary/aromatic N) is 2. The number of benzene rings is 2. The van der Waals surface area contributed by atoms with Crippen LogP contribution in [-0.4, -0.2) is 8.42 Å². The van der Waals surface area contributed by atoms with Crippen molar-refractivity contribution in [2.24, 2.45) is 0 Å². The molecular weight excluding hydrogens is 260 g/mol. The molecule has 2 rings (SSSR count). The first kappa shape index (κ1) is 12.8. The topological polar surface area (TPSA) is 81.7 Å². The summed E-state index contributed by atoms with van der Waals surface area (Å²) in [6, 6.07) is 15.3. The van der Waals surface area contributed by atoms with E-state index in [1.165, 1.54) is 48.5 Å². The number of hydrogen-bond acceptors (Lipinski definition) is 4. The Hall–Kier alpha value is -2.63. The molecule has 0 heterocycles. The van der Waals surface area contributed by atoms with Crippen molar-refractivity contribution in [3.8, 4) is 12.1 Å². The molecule has 0 radical (unpaired) electrons. The first-order valence-electron chi connectivity index (χ1n) is 5.33. The quantitative estimate of drug-likeness (QED) is 0.836. The molecule has 0 N–H and O–H groups in total. The van der Waals surface area contributed by atoms with Crippen molar-refractivity contribution in [1.29, 1.82) is 10.5 Å². The summed E-state index contributed by atoms with van der Waals surface area (Å²) in [5.74, 6) is 0. The van der Waals surface area contributed by atoms with Gasteiger partial charge in [-0.25, -0.2) is 8.42 Å². The van der Waals surface area contributed by atoms with Gasteiger partial charge in [0.25, 0.3) is 0 Å². The number of hydrogen-bond donors (Lipinski definition) is 0. The van der Waals surface area contributed by atoms with E-state index in [4.69, 9.17) is 10.5 Å². The Balaban J connectivity index is 2.53. The molecule has 0 atom stereocenters. The van der Waals surface area contributed by atoms with Crippen LogP contribution >= 0.6 is 0 Å². The largest absolute Gasteiger partial charge is 0.219 e. The Morgan fingerprint density at radius 2 is 1.42 bits per heavy atom. The van der Waals surface area contributed by atoms with Gasteiger partial charge in [0.1, 0.15) is 0 Å². The van der Waals surface area contributed by atoms with Crippen LogP contribution in [0.3, 0.4) is 0 Å². The predicted molar refractivity (Wildman–Crippen MR) is 67.8 cm³/mol. The first-order valence-corrected chi connectivity index (χ1v) is 6.81. The molecule has 0 fully saturated rings. The summed E-state index contributed by atoms with van der Waals surface area (Å²) in [5.41, 5.74) is 0.680. The van der Waals surface area contributed by atoms with E-state index in [9.17, 15) is 8.42 Å². The van der Waals surface area contributed by atoms with Crippen molar-refractivity contribution in [3.05, 3.63) is 59.7 Å². The SMILES string of the molecule is N#Cc1ccc(S(=O)(=O)c2cccc(C#N)c2)cc1. The van der Waals surface area contributed by atoms with Gasteiger partial charge in [-0.2, -0.15) is 10.5 Å². The van der Waals surface area contributed by atoms with Gasteiger partial charge in [0.15, 0.2) is 0 Å². The zero-order valence-corrected chi connectivity index (χ0v) is 10.6. The minimum Gasteiger partial charge on any atom is -0.219 e. The lowest BCUT2D eigenvalue weighted by Gasteiger charge is -2.04. The minimum absolute atomic E-state index is 0.0660. The summed E-state index contributed by atoms with van der Waals surface area (Å²) in [5, 5.41) is 17.5. The third kappa shape index (κ3) is 2.47. The lowest BCUT2D eigenvalue weighted by atomic mass is 10.2. The maximum absolute atomic E-state index is 12.3. The third-order valence-electron chi connectivity index (χ3n) is 2.57. The molecule has 19 heavy (non-hydrogen) atoms. The number of rotatable bonds is 2. The molecule has 0 amide bonds. The summed E-state index contributed by atoms with van der Waals surface area (Å²) >= 11 is 0. The molecule has 0 saturated heterocycles. The summed E-state index contributed by atoms with van der Waals surface area (Å²) in [7, 11) is -3.66. The normalized spacial score (nSPS) is 10.4. The molecule has 0 unspecified atom stereocenters. The molecule has 4 nitrogen and oxygen atoms in total. The maximum Gasteiger partial charge on any atom is 0.206 e. The van der Waals surface area contributed by atoms with Crippen LogP contribution in [-0.2, 0) is 9.84 Å². The average Bonchev–Trinajstić information content (AvgIpc) is 2.47. The summed E-state index contributed by atoms with van der Waals surface area (Å²) in [6.07, 6.45) is 0. The number of sulfone groups is 1. The Morgan fingerprint density at radius 1 is 0.789 bits per heavy atom. The monoisotopic (exact) mass is 268 g/mol. The molecule has 5 heteroatoms. The van der Waals surface area contributed by atoms with Gasteiger partial charge in [-0.15, -0.1) is 0 Å². The maximum atomic E-state index is 12.3. The van der Waals surface area contributed by atoms with Gasteiger partial charge in [0.2, 0.25) is 9.84 Å². The van der Waals surface area contributed by atoms with Crippen LogP contribution in [0.5, 0.6) is 0 Å². The fourth-order valence-electron chi connectivity index (χ4n) is 1.58. The average molecular weight is 268 g/mol. The molecule has 2 aromatic rings. The van der Waals surface area contributed by atoms with E-state index < -0.39 is 9.84 Å². The third-order valence-corrected chi connectivity index (χ3v) is 4.33. The molecule has 0 saturated carbocycles. The smallest absolute Gasteiger partial charge is 0.206 e. The second-order valence-corrected chi connectivity index (χ2v) is 5.73. The van der Waals surface area contributed by atoms with Gasteiger partial charge in [-0.05, 0) is 42.5 Å². The van der Waals surface area contributed by atoms with Gasteiger partial charge in [0, 0.05) is 0 Å². The van der Waals surface area contributed by atoms with Crippen LogP contribution in [0.15, 0.2) is 58.3 Å². The molecule has 0 bridgehead atoms. The molecule has 0 aromatic heterocycles. The second-order valence-electron chi connectivity index (χ2n) is 3.78. The van der Waals surface area contributed by atoms with Crippen LogP contribution in [0.25, 0.3) is 0 Å². The highest BCUT2D eigenvalue weighted by Crippen LogP contribution is 2.21. The van der Waals surface area contributed by atoms with Crippen molar-refractivity contribution in [1.82, 2.24) is 0 Å². The van der Waals surface area contributed by atoms with Crippen molar-refractivity contribution in [2.75, 3.05) is 0 Å². The Bertz CT molecular complexity index is 795. The van der Waals surface area contributed by atoms with Gasteiger partial charge >= 0.3 is 0 Å². The molecule has 0 aliphatic rings. The van der Waals surface area contributed by atoms with Gasteiger partial charge in [-0.1, -0.05) is 6.07 Å². The molecule has 2 aromatic carbocycles. The summed E-state index contributed by atoms with van der Waals surface area (Å²) in [6.45, 7) is 0. The van der Waals surface area contributed by atoms with E-state index in [2.05, 4.69) is 0 Å². The van der Waals surface area contributed by atoms with Gasteiger partial charge in [0.05, 0.1) is 33.1 Å². The molecule has 92 valence electrons. The molecule has 0 aliphatic carbocycles. The molecule has 0 spiro atoms. The van der Waals surface area contributed by atoms with Crippen LogP contribution < -0.4 is 0 Å². The van der Waals surface area contributed by atoms with E-state index >= 15 is 0 Å². The molecule has 0 aliphatic heterocycles. The lowest BCUT2D eigenvalue weighted by molar-refractivity contribution is 0.596. The van der Waals surface area contributed by atoms with Gasteiger partial charge in [-0.3, -0.25) is 0 Å². The minimum atomic E-state index is -3.66. The number of nitriles is 2. The first-order chi connectivity index (χ1) is 9.07. The zero-order valence-electron chi connectivity index (χ0n) is 9.74. The highest BCUT2D eigenvalue weighted by atomic mass is 32.2. The van der Waals surface area contributed by atoms with Gasteiger partial charge < -0.3 is 0 Å². The zero-order chi connectivity index (χ0) is 13.9. The van der Waals surface area contributed by atoms with Crippen LogP contribution in [0, 0.1) is 22.7 Å². The highest BCUT2D eigenvalue weighted by molar-refractivity contribution is 7.91. The predicted octanol–water partition coefficient (Wildman–Crippen LogP) is 2.26. The Labute approximate surface area is 111 Å². The van der Waals surface area contributed by atoms with Crippen molar-refractivity contribution in [2.45, 2.75) is 9.79 Å². The van der Waals surface area contributed by atoms with E-state index in [0.29, 0.717) is 5.56 Å². The second kappa shape index (κ2) is 4.93. The fourth-order valence-corrected chi connectivity index (χ4v) is 2.88. The van der Waals surface area contributed by atoms with E-state index in [1.54, 1.807) is 0 Å². The van der Waals surface area contributed by atoms with E-state index in [-0.39, 0.29) is 15.4 Å². The van der Waals surface area contributed by atoms with Crippen molar-refractivity contribution >= 4 is 9.84 Å². The Kier molecular flexibility index (Phi) is 3.33. The van der Waals surface area contributed by atoms with Crippen LogP contribution in [0.4, 0.5) is 0 Å². The summed E-state index contributed by atoms with van der Waals surface area (Å²) in [4.78, 5) is 0.165. The van der Waals surface area contributed by atoms with Crippen molar-refractivity contribution in [3.63, 3.8) is 0 Å².